The highest BCUT2D eigenvalue weighted by Crippen LogP contribution is 2.25. The summed E-state index contributed by atoms with van der Waals surface area (Å²) < 4.78 is 13.5. The number of nitrogen functional groups attached to an aromatic ring is 1. The molecule has 0 aliphatic heterocycles. The zero-order valence-corrected chi connectivity index (χ0v) is 9.91. The SMILES string of the molecule is Nc1cnccc1C(=O)Nc1c(F)cccc1Cl. The highest BCUT2D eigenvalue weighted by molar-refractivity contribution is 6.34. The van der Waals surface area contributed by atoms with E-state index >= 15 is 0 Å². The predicted molar refractivity (Wildman–Crippen MR) is 68.0 cm³/mol. The molecule has 1 heterocycles. The van der Waals surface area contributed by atoms with Crippen molar-refractivity contribution in [2.45, 2.75) is 0 Å². The molecule has 0 atom stereocenters. The van der Waals surface area contributed by atoms with Crippen LogP contribution in [0.5, 0.6) is 0 Å². The summed E-state index contributed by atoms with van der Waals surface area (Å²) in [6.45, 7) is 0. The summed E-state index contributed by atoms with van der Waals surface area (Å²) in [5.74, 6) is -1.15. The normalized spacial score (nSPS) is 10.1. The second-order valence-corrected chi connectivity index (χ2v) is 3.92. The zero-order chi connectivity index (χ0) is 13.1. The Labute approximate surface area is 108 Å². The molecular weight excluding hydrogens is 257 g/mol. The van der Waals surface area contributed by atoms with Gasteiger partial charge >= 0.3 is 0 Å². The van der Waals surface area contributed by atoms with Gasteiger partial charge in [0.05, 0.1) is 28.2 Å². The van der Waals surface area contributed by atoms with Gasteiger partial charge in [0.1, 0.15) is 5.82 Å². The Bertz CT molecular complexity index is 583. The molecule has 0 fully saturated rings. The van der Waals surface area contributed by atoms with E-state index in [9.17, 15) is 9.18 Å². The van der Waals surface area contributed by atoms with Crippen molar-refractivity contribution >= 4 is 28.9 Å². The topological polar surface area (TPSA) is 68.0 Å². The van der Waals surface area contributed by atoms with Gasteiger partial charge in [0.15, 0.2) is 0 Å². The Morgan fingerprint density at radius 3 is 2.83 bits per heavy atom. The third-order valence-corrected chi connectivity index (χ3v) is 2.61. The summed E-state index contributed by atoms with van der Waals surface area (Å²) in [5.41, 5.74) is 5.96. The second-order valence-electron chi connectivity index (χ2n) is 3.51. The third-order valence-electron chi connectivity index (χ3n) is 2.30. The molecule has 2 aromatic rings. The maximum Gasteiger partial charge on any atom is 0.257 e. The Kier molecular flexibility index (Phi) is 3.43. The molecule has 0 bridgehead atoms. The van der Waals surface area contributed by atoms with Crippen molar-refractivity contribution in [2.75, 3.05) is 11.1 Å². The molecule has 6 heteroatoms. The number of hydrogen-bond donors (Lipinski definition) is 2. The summed E-state index contributed by atoms with van der Waals surface area (Å²) in [6.07, 6.45) is 2.77. The van der Waals surface area contributed by atoms with Crippen LogP contribution in [-0.2, 0) is 0 Å². The van der Waals surface area contributed by atoms with Crippen molar-refractivity contribution < 1.29 is 9.18 Å². The minimum atomic E-state index is -0.608. The number of nitrogens with zero attached hydrogens (tertiary/aromatic N) is 1. The van der Waals surface area contributed by atoms with Crippen LogP contribution in [-0.4, -0.2) is 10.9 Å². The van der Waals surface area contributed by atoms with E-state index < -0.39 is 11.7 Å². The largest absolute Gasteiger partial charge is 0.397 e. The highest BCUT2D eigenvalue weighted by Gasteiger charge is 2.14. The van der Waals surface area contributed by atoms with Crippen LogP contribution < -0.4 is 11.1 Å². The number of aromatic nitrogens is 1. The van der Waals surface area contributed by atoms with Gasteiger partial charge in [0, 0.05) is 6.20 Å². The van der Waals surface area contributed by atoms with Gasteiger partial charge in [-0.05, 0) is 18.2 Å². The van der Waals surface area contributed by atoms with Gasteiger partial charge in [0.2, 0.25) is 0 Å². The van der Waals surface area contributed by atoms with Crippen LogP contribution in [0.1, 0.15) is 10.4 Å². The lowest BCUT2D eigenvalue weighted by molar-refractivity contribution is 0.102. The first-order valence-corrected chi connectivity index (χ1v) is 5.42. The van der Waals surface area contributed by atoms with Crippen LogP contribution in [0.15, 0.2) is 36.7 Å². The third kappa shape index (κ3) is 2.41. The van der Waals surface area contributed by atoms with Crippen molar-refractivity contribution in [2.24, 2.45) is 0 Å². The summed E-state index contributed by atoms with van der Waals surface area (Å²) in [6, 6.07) is 5.58. The number of nitrogens with two attached hydrogens (primary N) is 1. The van der Waals surface area contributed by atoms with Crippen LogP contribution in [0.2, 0.25) is 5.02 Å². The molecule has 18 heavy (non-hydrogen) atoms. The molecule has 0 aliphatic carbocycles. The van der Waals surface area contributed by atoms with Gasteiger partial charge in [-0.1, -0.05) is 17.7 Å². The maximum atomic E-state index is 13.5. The minimum absolute atomic E-state index is 0.0691. The van der Waals surface area contributed by atoms with Crippen molar-refractivity contribution in [1.82, 2.24) is 4.98 Å². The number of rotatable bonds is 2. The molecule has 4 nitrogen and oxygen atoms in total. The molecular formula is C12H9ClFN3O. The fraction of sp³-hybridized carbons (Fsp3) is 0. The number of halogens is 2. The lowest BCUT2D eigenvalue weighted by atomic mass is 10.2. The summed E-state index contributed by atoms with van der Waals surface area (Å²) in [4.78, 5) is 15.7. The van der Waals surface area contributed by atoms with E-state index in [-0.39, 0.29) is 22.0 Å². The lowest BCUT2D eigenvalue weighted by Crippen LogP contribution is -2.15. The Morgan fingerprint density at radius 1 is 1.39 bits per heavy atom. The average molecular weight is 266 g/mol. The number of pyridine rings is 1. The molecule has 0 spiro atoms. The van der Waals surface area contributed by atoms with Gasteiger partial charge in [-0.25, -0.2) is 4.39 Å². The molecule has 1 aromatic carbocycles. The lowest BCUT2D eigenvalue weighted by Gasteiger charge is -2.09. The monoisotopic (exact) mass is 265 g/mol. The predicted octanol–water partition coefficient (Wildman–Crippen LogP) is 2.71. The second kappa shape index (κ2) is 5.01. The molecule has 92 valence electrons. The van der Waals surface area contributed by atoms with Crippen LogP contribution in [0.3, 0.4) is 0 Å². The van der Waals surface area contributed by atoms with Gasteiger partial charge in [-0.2, -0.15) is 0 Å². The van der Waals surface area contributed by atoms with E-state index in [1.54, 1.807) is 0 Å². The first kappa shape index (κ1) is 12.3. The molecule has 0 radical (unpaired) electrons. The number of nitrogens with one attached hydrogen (secondary N) is 1. The van der Waals surface area contributed by atoms with Crippen LogP contribution >= 0.6 is 11.6 Å². The molecule has 0 saturated carbocycles. The fourth-order valence-corrected chi connectivity index (χ4v) is 1.62. The van der Waals surface area contributed by atoms with E-state index in [0.29, 0.717) is 0 Å². The van der Waals surface area contributed by atoms with Crippen LogP contribution in [0.4, 0.5) is 15.8 Å². The van der Waals surface area contributed by atoms with Crippen LogP contribution in [0.25, 0.3) is 0 Å². The number of carbonyl (C=O) groups excluding carboxylic acids is 1. The number of benzene rings is 1. The molecule has 2 rings (SSSR count). The van der Waals surface area contributed by atoms with Crippen molar-refractivity contribution in [3.05, 3.63) is 53.1 Å². The van der Waals surface area contributed by atoms with Gasteiger partial charge in [0.25, 0.3) is 5.91 Å². The summed E-state index contributed by atoms with van der Waals surface area (Å²) in [7, 11) is 0. The Hall–Kier alpha value is -2.14. The van der Waals surface area contributed by atoms with E-state index in [0.717, 1.165) is 0 Å². The number of para-hydroxylation sites is 1. The van der Waals surface area contributed by atoms with E-state index in [2.05, 4.69) is 10.3 Å². The minimum Gasteiger partial charge on any atom is -0.397 e. The quantitative estimate of drug-likeness (QED) is 0.877. The van der Waals surface area contributed by atoms with Gasteiger partial charge in [-0.3, -0.25) is 9.78 Å². The summed E-state index contributed by atoms with van der Waals surface area (Å²) in [5, 5.41) is 2.50. The van der Waals surface area contributed by atoms with Crippen molar-refractivity contribution in [3.8, 4) is 0 Å². The smallest absolute Gasteiger partial charge is 0.257 e. The number of anilines is 2. The Balaban J connectivity index is 2.30. The number of hydrogen-bond acceptors (Lipinski definition) is 3. The first-order chi connectivity index (χ1) is 8.59. The summed E-state index contributed by atoms with van der Waals surface area (Å²) >= 11 is 5.80. The zero-order valence-electron chi connectivity index (χ0n) is 9.15. The van der Waals surface area contributed by atoms with Gasteiger partial charge < -0.3 is 11.1 Å². The van der Waals surface area contributed by atoms with Gasteiger partial charge in [-0.15, -0.1) is 0 Å². The molecule has 1 aromatic heterocycles. The van der Waals surface area contributed by atoms with E-state index in [1.807, 2.05) is 0 Å². The van der Waals surface area contributed by atoms with E-state index in [1.165, 1.54) is 36.7 Å². The Morgan fingerprint density at radius 2 is 2.17 bits per heavy atom. The van der Waals surface area contributed by atoms with Crippen molar-refractivity contribution in [3.63, 3.8) is 0 Å². The standard InChI is InChI=1S/C12H9ClFN3O/c13-8-2-1-3-9(14)11(8)17-12(18)7-4-5-16-6-10(7)15/h1-6H,15H2,(H,17,18). The first-order valence-electron chi connectivity index (χ1n) is 5.04. The number of amides is 1. The molecule has 0 saturated heterocycles. The van der Waals surface area contributed by atoms with Crippen molar-refractivity contribution in [1.29, 1.82) is 0 Å². The molecule has 3 N–H and O–H groups in total. The molecule has 0 unspecified atom stereocenters. The maximum absolute atomic E-state index is 13.5. The fourth-order valence-electron chi connectivity index (χ4n) is 1.41. The van der Waals surface area contributed by atoms with Crippen LogP contribution in [0, 0.1) is 5.82 Å². The highest BCUT2D eigenvalue weighted by atomic mass is 35.5. The molecule has 1 amide bonds. The van der Waals surface area contributed by atoms with E-state index in [4.69, 9.17) is 17.3 Å². The molecule has 0 aliphatic rings. The average Bonchev–Trinajstić information content (AvgIpc) is 2.34. The number of carbonyl (C=O) groups is 1.